The fourth-order valence-electron chi connectivity index (χ4n) is 3.56. The van der Waals surface area contributed by atoms with Crippen molar-refractivity contribution in [2.45, 2.75) is 83.7 Å². The van der Waals surface area contributed by atoms with Crippen molar-refractivity contribution in [1.29, 1.82) is 0 Å². The van der Waals surface area contributed by atoms with E-state index in [9.17, 15) is 4.79 Å². The first kappa shape index (κ1) is 26.4. The monoisotopic (exact) mass is 418 g/mol. The Balaban J connectivity index is 2.09. The lowest BCUT2D eigenvalue weighted by molar-refractivity contribution is -0.159. The molecule has 0 amide bonds. The van der Waals surface area contributed by atoms with Crippen molar-refractivity contribution in [3.05, 3.63) is 48.6 Å². The third-order valence-corrected chi connectivity index (χ3v) is 5.49. The maximum Gasteiger partial charge on any atom is 0.309 e. The van der Waals surface area contributed by atoms with Crippen LogP contribution >= 0.6 is 0 Å². The Hall–Kier alpha value is -1.65. The van der Waals surface area contributed by atoms with Gasteiger partial charge in [-0.2, -0.15) is 0 Å². The molecule has 1 aliphatic carbocycles. The Kier molecular flexibility index (Phi) is 16.0. The molecule has 0 heterocycles. The molecule has 170 valence electrons. The van der Waals surface area contributed by atoms with Crippen LogP contribution in [0.2, 0.25) is 0 Å². The molecule has 1 aliphatic rings. The minimum absolute atomic E-state index is 0.104. The molecular formula is C26H42O4. The van der Waals surface area contributed by atoms with E-state index < -0.39 is 6.10 Å². The molecule has 4 heteroatoms. The second-order valence-corrected chi connectivity index (χ2v) is 8.08. The van der Waals surface area contributed by atoms with E-state index in [2.05, 4.69) is 55.5 Å². The van der Waals surface area contributed by atoms with Gasteiger partial charge in [-0.3, -0.25) is 4.79 Å². The first-order chi connectivity index (χ1) is 14.7. The number of hydrogen-bond donors (Lipinski definition) is 2. The summed E-state index contributed by atoms with van der Waals surface area (Å²) in [5, 5.41) is 18.0. The molecular weight excluding hydrogens is 376 g/mol. The summed E-state index contributed by atoms with van der Waals surface area (Å²) in [5.74, 6) is 0.138. The third-order valence-electron chi connectivity index (χ3n) is 5.49. The molecule has 0 aromatic heterocycles. The molecule has 0 atom stereocenters. The summed E-state index contributed by atoms with van der Waals surface area (Å²) in [5.41, 5.74) is 0. The van der Waals surface area contributed by atoms with Crippen LogP contribution in [-0.2, 0) is 9.53 Å². The van der Waals surface area contributed by atoms with E-state index in [1.807, 2.05) is 0 Å². The zero-order valence-corrected chi connectivity index (χ0v) is 18.8. The second-order valence-electron chi connectivity index (χ2n) is 8.08. The SMILES string of the molecule is CCCCC/C=C\C/C=C\C/C=C\C/C=C\C1CCC(C(=O)OC(CO)CO)CC1. The maximum atomic E-state index is 12.0. The zero-order valence-electron chi connectivity index (χ0n) is 18.8. The average Bonchev–Trinajstić information content (AvgIpc) is 2.78. The van der Waals surface area contributed by atoms with Gasteiger partial charge in [0, 0.05) is 0 Å². The largest absolute Gasteiger partial charge is 0.457 e. The number of aliphatic hydroxyl groups excluding tert-OH is 2. The van der Waals surface area contributed by atoms with E-state index >= 15 is 0 Å². The van der Waals surface area contributed by atoms with E-state index in [-0.39, 0.29) is 25.1 Å². The number of ether oxygens (including phenoxy) is 1. The van der Waals surface area contributed by atoms with Gasteiger partial charge in [-0.05, 0) is 63.7 Å². The van der Waals surface area contributed by atoms with Gasteiger partial charge in [-0.25, -0.2) is 0 Å². The molecule has 1 rings (SSSR count). The summed E-state index contributed by atoms with van der Waals surface area (Å²) in [4.78, 5) is 12.0. The van der Waals surface area contributed by atoms with Crippen molar-refractivity contribution in [3.8, 4) is 0 Å². The van der Waals surface area contributed by atoms with Crippen LogP contribution in [0.5, 0.6) is 0 Å². The zero-order chi connectivity index (χ0) is 21.9. The number of allylic oxidation sites excluding steroid dienone is 8. The Labute approximate surface area is 183 Å². The number of carbonyl (C=O) groups excluding carboxylic acids is 1. The summed E-state index contributed by atoms with van der Waals surface area (Å²) >= 11 is 0. The predicted molar refractivity (Wildman–Crippen MR) is 124 cm³/mol. The van der Waals surface area contributed by atoms with Crippen LogP contribution in [0.25, 0.3) is 0 Å². The molecule has 30 heavy (non-hydrogen) atoms. The molecule has 0 unspecified atom stereocenters. The molecule has 1 saturated carbocycles. The van der Waals surface area contributed by atoms with Gasteiger partial charge in [0.15, 0.2) is 0 Å². The topological polar surface area (TPSA) is 66.8 Å². The summed E-state index contributed by atoms with van der Waals surface area (Å²) in [6, 6.07) is 0. The minimum atomic E-state index is -0.788. The Morgan fingerprint density at radius 1 is 0.867 bits per heavy atom. The molecule has 0 aromatic carbocycles. The quantitative estimate of drug-likeness (QED) is 0.204. The van der Waals surface area contributed by atoms with E-state index in [0.29, 0.717) is 5.92 Å². The molecule has 2 N–H and O–H groups in total. The molecule has 0 radical (unpaired) electrons. The molecule has 0 saturated heterocycles. The van der Waals surface area contributed by atoms with Gasteiger partial charge in [0.25, 0.3) is 0 Å². The van der Waals surface area contributed by atoms with Crippen LogP contribution in [0.15, 0.2) is 48.6 Å². The lowest BCUT2D eigenvalue weighted by Crippen LogP contribution is -2.31. The van der Waals surface area contributed by atoms with Gasteiger partial charge < -0.3 is 14.9 Å². The van der Waals surface area contributed by atoms with Crippen molar-refractivity contribution < 1.29 is 19.7 Å². The average molecular weight is 419 g/mol. The van der Waals surface area contributed by atoms with Crippen LogP contribution in [0.1, 0.15) is 77.6 Å². The van der Waals surface area contributed by atoms with Crippen molar-refractivity contribution >= 4 is 5.97 Å². The van der Waals surface area contributed by atoms with Crippen molar-refractivity contribution in [2.75, 3.05) is 13.2 Å². The number of aliphatic hydroxyl groups is 2. The van der Waals surface area contributed by atoms with E-state index in [1.54, 1.807) is 0 Å². The van der Waals surface area contributed by atoms with Crippen molar-refractivity contribution in [1.82, 2.24) is 0 Å². The Morgan fingerprint density at radius 2 is 1.43 bits per heavy atom. The number of esters is 1. The van der Waals surface area contributed by atoms with Crippen molar-refractivity contribution in [3.63, 3.8) is 0 Å². The first-order valence-electron chi connectivity index (χ1n) is 11.7. The third kappa shape index (κ3) is 12.8. The number of rotatable bonds is 15. The van der Waals surface area contributed by atoms with Crippen LogP contribution < -0.4 is 0 Å². The highest BCUT2D eigenvalue weighted by atomic mass is 16.6. The highest BCUT2D eigenvalue weighted by Gasteiger charge is 2.27. The normalized spacial score (nSPS) is 20.4. The highest BCUT2D eigenvalue weighted by molar-refractivity contribution is 5.72. The minimum Gasteiger partial charge on any atom is -0.457 e. The van der Waals surface area contributed by atoms with Gasteiger partial charge >= 0.3 is 5.97 Å². The lowest BCUT2D eigenvalue weighted by Gasteiger charge is -2.26. The van der Waals surface area contributed by atoms with Gasteiger partial charge in [0.05, 0.1) is 19.1 Å². The molecule has 0 bridgehead atoms. The van der Waals surface area contributed by atoms with E-state index in [4.69, 9.17) is 14.9 Å². The predicted octanol–water partition coefficient (Wildman–Crippen LogP) is 5.66. The standard InChI is InChI=1S/C26H42O4/c1-2-3-4-5-6-7-8-9-10-11-12-13-14-15-16-23-17-19-24(20-18-23)26(29)30-25(21-27)22-28/h6-7,9-10,12-13,15-16,23-25,27-28H,2-5,8,11,14,17-22H2,1H3/b7-6-,10-9-,13-12-,16-15-. The van der Waals surface area contributed by atoms with Crippen molar-refractivity contribution in [2.24, 2.45) is 11.8 Å². The van der Waals surface area contributed by atoms with E-state index in [1.165, 1.54) is 25.7 Å². The highest BCUT2D eigenvalue weighted by Crippen LogP contribution is 2.30. The molecule has 0 aliphatic heterocycles. The van der Waals surface area contributed by atoms with Crippen LogP contribution in [0.3, 0.4) is 0 Å². The van der Waals surface area contributed by atoms with E-state index in [0.717, 1.165) is 44.9 Å². The molecule has 0 spiro atoms. The van der Waals surface area contributed by atoms with Gasteiger partial charge in [-0.1, -0.05) is 68.4 Å². The van der Waals surface area contributed by atoms with Crippen LogP contribution in [-0.4, -0.2) is 35.5 Å². The second kappa shape index (κ2) is 18.1. The maximum absolute atomic E-state index is 12.0. The Morgan fingerprint density at radius 3 is 2.00 bits per heavy atom. The molecule has 0 aromatic rings. The summed E-state index contributed by atoms with van der Waals surface area (Å²) in [6.45, 7) is 1.57. The van der Waals surface area contributed by atoms with Gasteiger partial charge in [0.1, 0.15) is 6.10 Å². The number of hydrogen-bond acceptors (Lipinski definition) is 4. The number of unbranched alkanes of at least 4 members (excludes halogenated alkanes) is 3. The lowest BCUT2D eigenvalue weighted by atomic mass is 9.82. The summed E-state index contributed by atoms with van der Waals surface area (Å²) < 4.78 is 5.13. The first-order valence-corrected chi connectivity index (χ1v) is 11.7. The summed E-state index contributed by atoms with van der Waals surface area (Å²) in [6.07, 6.45) is 28.8. The fraction of sp³-hybridized carbons (Fsp3) is 0.654. The molecule has 1 fully saturated rings. The smallest absolute Gasteiger partial charge is 0.309 e. The fourth-order valence-corrected chi connectivity index (χ4v) is 3.56. The van der Waals surface area contributed by atoms with Crippen LogP contribution in [0, 0.1) is 11.8 Å². The molecule has 4 nitrogen and oxygen atoms in total. The van der Waals surface area contributed by atoms with Gasteiger partial charge in [0.2, 0.25) is 0 Å². The summed E-state index contributed by atoms with van der Waals surface area (Å²) in [7, 11) is 0. The van der Waals surface area contributed by atoms with Gasteiger partial charge in [-0.15, -0.1) is 0 Å². The van der Waals surface area contributed by atoms with Crippen LogP contribution in [0.4, 0.5) is 0 Å². The Bertz CT molecular complexity index is 535. The number of carbonyl (C=O) groups is 1.